The average molecular weight is 306 g/mol. The maximum atomic E-state index is 13.4. The van der Waals surface area contributed by atoms with Crippen LogP contribution in [-0.2, 0) is 4.79 Å². The van der Waals surface area contributed by atoms with Gasteiger partial charge in [-0.1, -0.05) is 6.07 Å². The van der Waals surface area contributed by atoms with E-state index in [0.717, 1.165) is 23.5 Å². The Morgan fingerprint density at radius 1 is 1.33 bits per heavy atom. The molecule has 0 aliphatic carbocycles. The zero-order valence-electron chi connectivity index (χ0n) is 10.4. The molecule has 106 valence electrons. The number of halogens is 2. The Labute approximate surface area is 122 Å². The summed E-state index contributed by atoms with van der Waals surface area (Å²) in [6.45, 7) is 0. The summed E-state index contributed by atoms with van der Waals surface area (Å²) in [6, 6.07) is 7.34. The molecule has 4 nitrogen and oxygen atoms in total. The molecule has 21 heavy (non-hydrogen) atoms. The van der Waals surface area contributed by atoms with Gasteiger partial charge in [0.25, 0.3) is 5.91 Å². The van der Waals surface area contributed by atoms with Crippen molar-refractivity contribution >= 4 is 28.7 Å². The largest absolute Gasteiger partial charge is 0.505 e. The van der Waals surface area contributed by atoms with E-state index in [9.17, 15) is 18.7 Å². The van der Waals surface area contributed by atoms with Crippen LogP contribution in [0.2, 0.25) is 0 Å². The van der Waals surface area contributed by atoms with E-state index in [1.54, 1.807) is 17.5 Å². The predicted molar refractivity (Wildman–Crippen MR) is 74.5 cm³/mol. The number of aliphatic hydroxyl groups is 1. The van der Waals surface area contributed by atoms with Crippen molar-refractivity contribution in [3.8, 4) is 6.07 Å². The maximum Gasteiger partial charge on any atom is 0.270 e. The third-order valence-electron chi connectivity index (χ3n) is 2.51. The molecule has 7 heteroatoms. The second-order valence-corrected chi connectivity index (χ2v) is 4.84. The van der Waals surface area contributed by atoms with E-state index in [1.807, 2.05) is 0 Å². The Morgan fingerprint density at radius 3 is 2.67 bits per heavy atom. The van der Waals surface area contributed by atoms with Crippen molar-refractivity contribution < 1.29 is 18.7 Å². The van der Waals surface area contributed by atoms with Crippen LogP contribution in [0.5, 0.6) is 0 Å². The molecule has 2 rings (SSSR count). The van der Waals surface area contributed by atoms with Gasteiger partial charge in [0.1, 0.15) is 17.7 Å². The number of thiophene rings is 1. The Kier molecular flexibility index (Phi) is 4.30. The molecule has 0 radical (unpaired) electrons. The number of rotatable bonds is 3. The van der Waals surface area contributed by atoms with Gasteiger partial charge in [-0.15, -0.1) is 11.3 Å². The fraction of sp³-hybridized carbons (Fsp3) is 0. The summed E-state index contributed by atoms with van der Waals surface area (Å²) in [7, 11) is 0. The zero-order chi connectivity index (χ0) is 15.4. The van der Waals surface area contributed by atoms with E-state index in [-0.39, 0.29) is 5.69 Å². The molecule has 0 aliphatic heterocycles. The molecule has 2 aromatic rings. The number of amides is 1. The van der Waals surface area contributed by atoms with Crippen LogP contribution in [-0.4, -0.2) is 11.0 Å². The maximum absolute atomic E-state index is 13.4. The monoisotopic (exact) mass is 306 g/mol. The fourth-order valence-corrected chi connectivity index (χ4v) is 2.20. The molecule has 2 N–H and O–H groups in total. The van der Waals surface area contributed by atoms with Crippen LogP contribution in [0.25, 0.3) is 5.76 Å². The first-order valence-corrected chi connectivity index (χ1v) is 6.54. The molecule has 1 aromatic heterocycles. The second kappa shape index (κ2) is 6.15. The molecule has 0 fully saturated rings. The normalized spacial score (nSPS) is 11.5. The summed E-state index contributed by atoms with van der Waals surface area (Å²) in [5, 5.41) is 22.6. The van der Waals surface area contributed by atoms with E-state index in [0.29, 0.717) is 10.9 Å². The fourth-order valence-electron chi connectivity index (χ4n) is 1.52. The lowest BCUT2D eigenvalue weighted by Gasteiger charge is -2.06. The second-order valence-electron chi connectivity index (χ2n) is 3.89. The van der Waals surface area contributed by atoms with Crippen molar-refractivity contribution in [3.05, 3.63) is 57.8 Å². The summed E-state index contributed by atoms with van der Waals surface area (Å²) in [4.78, 5) is 12.2. The molecular weight excluding hydrogens is 298 g/mol. The molecule has 0 atom stereocenters. The highest BCUT2D eigenvalue weighted by atomic mass is 32.1. The minimum Gasteiger partial charge on any atom is -0.505 e. The van der Waals surface area contributed by atoms with Crippen molar-refractivity contribution in [3.63, 3.8) is 0 Å². The Bertz CT molecular complexity index is 749. The first kappa shape index (κ1) is 14.7. The number of carbonyl (C=O) groups excluding carboxylic acids is 1. The number of hydrogen-bond acceptors (Lipinski definition) is 4. The minimum atomic E-state index is -0.978. The molecular formula is C14H8F2N2O2S. The number of nitrogens with zero attached hydrogens (tertiary/aromatic N) is 1. The van der Waals surface area contributed by atoms with Gasteiger partial charge in [-0.3, -0.25) is 4.79 Å². The molecule has 1 aromatic carbocycles. The molecule has 0 unspecified atom stereocenters. The highest BCUT2D eigenvalue weighted by molar-refractivity contribution is 7.11. The lowest BCUT2D eigenvalue weighted by atomic mass is 10.2. The smallest absolute Gasteiger partial charge is 0.270 e. The molecule has 1 heterocycles. The Morgan fingerprint density at radius 2 is 2.10 bits per heavy atom. The van der Waals surface area contributed by atoms with E-state index >= 15 is 0 Å². The highest BCUT2D eigenvalue weighted by Gasteiger charge is 2.18. The lowest BCUT2D eigenvalue weighted by Crippen LogP contribution is -2.16. The van der Waals surface area contributed by atoms with Crippen LogP contribution in [0, 0.1) is 23.0 Å². The van der Waals surface area contributed by atoms with Crippen molar-refractivity contribution in [1.82, 2.24) is 0 Å². The van der Waals surface area contributed by atoms with Gasteiger partial charge in [-0.05, 0) is 23.6 Å². The van der Waals surface area contributed by atoms with E-state index in [2.05, 4.69) is 5.32 Å². The molecule has 0 spiro atoms. The van der Waals surface area contributed by atoms with Gasteiger partial charge in [0.2, 0.25) is 0 Å². The number of nitrogens with one attached hydrogen (secondary N) is 1. The van der Waals surface area contributed by atoms with Crippen molar-refractivity contribution in [2.45, 2.75) is 0 Å². The van der Waals surface area contributed by atoms with Crippen LogP contribution in [0.3, 0.4) is 0 Å². The van der Waals surface area contributed by atoms with Crippen LogP contribution in [0.1, 0.15) is 4.88 Å². The highest BCUT2D eigenvalue weighted by Crippen LogP contribution is 2.22. The third kappa shape index (κ3) is 3.24. The standard InChI is InChI=1S/C14H8F2N2O2S/c15-8-3-4-11(10(16)6-8)18-14(20)9(7-17)13(19)12-2-1-5-21-12/h1-6,19H,(H,18,20)/b13-9-. The van der Waals surface area contributed by atoms with Gasteiger partial charge in [-0.2, -0.15) is 5.26 Å². The summed E-state index contributed by atoms with van der Waals surface area (Å²) >= 11 is 1.14. The third-order valence-corrected chi connectivity index (χ3v) is 3.39. The van der Waals surface area contributed by atoms with Gasteiger partial charge in [0.15, 0.2) is 11.3 Å². The van der Waals surface area contributed by atoms with Gasteiger partial charge < -0.3 is 10.4 Å². The quantitative estimate of drug-likeness (QED) is 0.518. The van der Waals surface area contributed by atoms with E-state index in [1.165, 1.54) is 6.07 Å². The average Bonchev–Trinajstić information content (AvgIpc) is 2.96. The molecule has 0 aliphatic rings. The number of aliphatic hydroxyl groups excluding tert-OH is 1. The lowest BCUT2D eigenvalue weighted by molar-refractivity contribution is -0.112. The van der Waals surface area contributed by atoms with Crippen molar-refractivity contribution in [2.24, 2.45) is 0 Å². The first-order chi connectivity index (χ1) is 10.0. The summed E-state index contributed by atoms with van der Waals surface area (Å²) in [5.41, 5.74) is -0.839. The summed E-state index contributed by atoms with van der Waals surface area (Å²) in [5.74, 6) is -3.24. The topological polar surface area (TPSA) is 73.1 Å². The van der Waals surface area contributed by atoms with Crippen LogP contribution in [0.15, 0.2) is 41.3 Å². The number of benzene rings is 1. The summed E-state index contributed by atoms with van der Waals surface area (Å²) in [6.07, 6.45) is 0. The van der Waals surface area contributed by atoms with Crippen LogP contribution < -0.4 is 5.32 Å². The molecule has 1 amide bonds. The molecule has 0 saturated heterocycles. The van der Waals surface area contributed by atoms with Gasteiger partial charge >= 0.3 is 0 Å². The predicted octanol–water partition coefficient (Wildman–Crippen LogP) is 3.46. The summed E-state index contributed by atoms with van der Waals surface area (Å²) < 4.78 is 26.2. The molecule has 0 saturated carbocycles. The minimum absolute atomic E-state index is 0.284. The number of anilines is 1. The van der Waals surface area contributed by atoms with E-state index in [4.69, 9.17) is 5.26 Å². The van der Waals surface area contributed by atoms with Crippen LogP contribution in [0.4, 0.5) is 14.5 Å². The zero-order valence-corrected chi connectivity index (χ0v) is 11.2. The Balaban J connectivity index is 2.30. The van der Waals surface area contributed by atoms with Crippen molar-refractivity contribution in [1.29, 1.82) is 5.26 Å². The number of nitriles is 1. The SMILES string of the molecule is N#C/C(C(=O)Nc1ccc(F)cc1F)=C(/O)c1cccs1. The Hall–Kier alpha value is -2.72. The van der Waals surface area contributed by atoms with Crippen LogP contribution >= 0.6 is 11.3 Å². The first-order valence-electron chi connectivity index (χ1n) is 5.66. The van der Waals surface area contributed by atoms with Gasteiger partial charge in [0, 0.05) is 6.07 Å². The van der Waals surface area contributed by atoms with E-state index < -0.39 is 28.9 Å². The number of carbonyl (C=O) groups is 1. The van der Waals surface area contributed by atoms with Gasteiger partial charge in [-0.25, -0.2) is 8.78 Å². The molecule has 0 bridgehead atoms. The van der Waals surface area contributed by atoms with Crippen molar-refractivity contribution in [2.75, 3.05) is 5.32 Å². The number of hydrogen-bond donors (Lipinski definition) is 2. The van der Waals surface area contributed by atoms with Gasteiger partial charge in [0.05, 0.1) is 10.6 Å².